The predicted octanol–water partition coefficient (Wildman–Crippen LogP) is 7.94. The van der Waals surface area contributed by atoms with E-state index in [4.69, 9.17) is 4.74 Å². The summed E-state index contributed by atoms with van der Waals surface area (Å²) in [6.07, 6.45) is -4.87. The van der Waals surface area contributed by atoms with E-state index in [1.54, 1.807) is 31.4 Å². The summed E-state index contributed by atoms with van der Waals surface area (Å²) in [5.74, 6) is 0. The third-order valence-corrected chi connectivity index (χ3v) is 5.24. The second-order valence-corrected chi connectivity index (χ2v) is 8.79. The number of allylic oxidation sites excluding steroid dienone is 1. The van der Waals surface area contributed by atoms with Gasteiger partial charge in [-0.1, -0.05) is 17.7 Å². The van der Waals surface area contributed by atoms with Crippen molar-refractivity contribution in [1.82, 2.24) is 4.57 Å². The zero-order valence-electron chi connectivity index (χ0n) is 19.4. The molecule has 1 heterocycles. The van der Waals surface area contributed by atoms with Crippen LogP contribution in [-0.4, -0.2) is 16.2 Å². The van der Waals surface area contributed by atoms with Crippen molar-refractivity contribution in [3.05, 3.63) is 77.2 Å². The highest BCUT2D eigenvalue weighted by atomic mass is 19.4. The maximum Gasteiger partial charge on any atom is 0.416 e. The number of halogens is 6. The van der Waals surface area contributed by atoms with Crippen molar-refractivity contribution in [2.45, 2.75) is 52.1 Å². The lowest BCUT2D eigenvalue weighted by atomic mass is 9.97. The number of hydrogen-bond donors (Lipinski definition) is 1. The van der Waals surface area contributed by atoms with Gasteiger partial charge in [-0.2, -0.15) is 26.3 Å². The number of aromatic nitrogens is 1. The lowest BCUT2D eigenvalue weighted by Gasteiger charge is -2.24. The summed E-state index contributed by atoms with van der Waals surface area (Å²) in [6.45, 7) is 7.37. The Morgan fingerprint density at radius 2 is 1.60 bits per heavy atom. The number of carbonyl (C=O) groups is 1. The van der Waals surface area contributed by atoms with Crippen molar-refractivity contribution >= 4 is 22.6 Å². The van der Waals surface area contributed by atoms with E-state index >= 15 is 0 Å². The number of anilines is 1. The largest absolute Gasteiger partial charge is 0.495 e. The summed E-state index contributed by atoms with van der Waals surface area (Å²) in [5, 5.41) is 2.90. The Bertz CT molecular complexity index is 1240. The van der Waals surface area contributed by atoms with Crippen LogP contribution in [0.15, 0.2) is 54.9 Å². The minimum Gasteiger partial charge on any atom is -0.495 e. The maximum atomic E-state index is 13.2. The Morgan fingerprint density at radius 3 is 2.14 bits per heavy atom. The van der Waals surface area contributed by atoms with Crippen molar-refractivity contribution in [3.8, 4) is 0 Å². The lowest BCUT2D eigenvalue weighted by molar-refractivity contribution is -0.143. The molecule has 0 saturated heterocycles. The van der Waals surface area contributed by atoms with Gasteiger partial charge in [0.05, 0.1) is 22.9 Å². The van der Waals surface area contributed by atoms with Gasteiger partial charge >= 0.3 is 18.4 Å². The molecule has 188 valence electrons. The molecule has 0 saturated carbocycles. The lowest BCUT2D eigenvalue weighted by Crippen LogP contribution is -2.25. The van der Waals surface area contributed by atoms with Gasteiger partial charge in [0, 0.05) is 23.7 Å². The minimum absolute atomic E-state index is 0.00836. The molecule has 0 spiro atoms. The number of hydrogen-bond acceptors (Lipinski definition) is 2. The fourth-order valence-electron chi connectivity index (χ4n) is 3.68. The first kappa shape index (κ1) is 26.2. The number of nitrogens with zero attached hydrogens (tertiary/aromatic N) is 1. The molecule has 0 radical (unpaired) electrons. The Labute approximate surface area is 198 Å². The zero-order valence-corrected chi connectivity index (χ0v) is 19.4. The number of nitrogens with one attached hydrogen (secondary N) is 1. The van der Waals surface area contributed by atoms with Crippen LogP contribution < -0.4 is 5.32 Å². The van der Waals surface area contributed by atoms with Crippen LogP contribution in [-0.2, 0) is 23.5 Å². The number of amides is 1. The fraction of sp³-hybridized carbons (Fsp3) is 0.320. The molecule has 1 aromatic heterocycles. The van der Waals surface area contributed by atoms with Crippen molar-refractivity contribution in [2.75, 3.05) is 5.32 Å². The van der Waals surface area contributed by atoms with Crippen LogP contribution in [0.2, 0.25) is 0 Å². The molecule has 3 aromatic rings. The highest BCUT2D eigenvalue weighted by Gasteiger charge is 2.37. The second-order valence-electron chi connectivity index (χ2n) is 8.79. The van der Waals surface area contributed by atoms with Crippen LogP contribution in [0.5, 0.6) is 0 Å². The number of alkyl halides is 6. The first-order valence-corrected chi connectivity index (χ1v) is 10.6. The van der Waals surface area contributed by atoms with Crippen LogP contribution in [0.1, 0.15) is 43.0 Å². The van der Waals surface area contributed by atoms with Crippen LogP contribution in [0.25, 0.3) is 10.9 Å². The quantitative estimate of drug-likeness (QED) is 0.287. The highest BCUT2D eigenvalue weighted by Crippen LogP contribution is 2.37. The highest BCUT2D eigenvalue weighted by molar-refractivity contribution is 6.00. The van der Waals surface area contributed by atoms with Crippen LogP contribution in [0.4, 0.5) is 36.8 Å². The Morgan fingerprint density at radius 1 is 1.00 bits per heavy atom. The predicted molar refractivity (Wildman–Crippen MR) is 121 cm³/mol. The molecule has 10 heteroatoms. The van der Waals surface area contributed by atoms with Crippen LogP contribution in [0, 0.1) is 6.92 Å². The van der Waals surface area contributed by atoms with Crippen LogP contribution in [0.3, 0.4) is 0 Å². The summed E-state index contributed by atoms with van der Waals surface area (Å²) in [5.41, 5.74) is -2.20. The summed E-state index contributed by atoms with van der Waals surface area (Å²) in [6, 6.07) is 5.32. The van der Waals surface area contributed by atoms with E-state index in [2.05, 4.69) is 5.32 Å². The van der Waals surface area contributed by atoms with Crippen molar-refractivity contribution in [1.29, 1.82) is 0 Å². The van der Waals surface area contributed by atoms with Crippen molar-refractivity contribution in [3.63, 3.8) is 0 Å². The van der Waals surface area contributed by atoms with Gasteiger partial charge in [-0.3, -0.25) is 4.57 Å². The van der Waals surface area contributed by atoms with Crippen molar-refractivity contribution in [2.24, 2.45) is 0 Å². The number of fused-ring (bicyclic) bond motifs is 1. The first-order valence-electron chi connectivity index (χ1n) is 10.6. The molecule has 1 N–H and O–H groups in total. The standard InChI is InChI=1S/C25H24F6N2O2/c1-5-8-35-23(3,4)13-16-14-33(21-7-6-15(2)9-20(16)21)22(34)32-19-11-17(24(26,27)28)10-18(12-19)25(29,30)31/h5-12,14H,13H2,1-4H3,(H,32,34). The molecule has 0 bridgehead atoms. The monoisotopic (exact) mass is 498 g/mol. The van der Waals surface area contributed by atoms with E-state index in [1.165, 1.54) is 10.8 Å². The molecule has 4 nitrogen and oxygen atoms in total. The van der Waals surface area contributed by atoms with E-state index in [-0.39, 0.29) is 6.07 Å². The van der Waals surface area contributed by atoms with E-state index < -0.39 is 40.8 Å². The number of ether oxygens (including phenoxy) is 1. The molecule has 0 unspecified atom stereocenters. The molecule has 0 aliphatic heterocycles. The number of rotatable bonds is 5. The third-order valence-electron chi connectivity index (χ3n) is 5.24. The summed E-state index contributed by atoms with van der Waals surface area (Å²) in [4.78, 5) is 13.0. The van der Waals surface area contributed by atoms with Gasteiger partial charge in [-0.05, 0) is 63.6 Å². The van der Waals surface area contributed by atoms with E-state index in [0.29, 0.717) is 24.1 Å². The van der Waals surface area contributed by atoms with E-state index in [0.717, 1.165) is 16.5 Å². The molecule has 0 fully saturated rings. The molecule has 0 aliphatic carbocycles. The molecule has 0 aliphatic rings. The van der Waals surface area contributed by atoms with Crippen LogP contribution >= 0.6 is 0 Å². The zero-order chi connectivity index (χ0) is 26.2. The van der Waals surface area contributed by atoms with Gasteiger partial charge in [0.2, 0.25) is 0 Å². The van der Waals surface area contributed by atoms with Gasteiger partial charge in [-0.15, -0.1) is 0 Å². The first-order chi connectivity index (χ1) is 16.1. The van der Waals surface area contributed by atoms with Crippen molar-refractivity contribution < 1.29 is 35.9 Å². The third kappa shape index (κ3) is 6.17. The summed E-state index contributed by atoms with van der Waals surface area (Å²) in [7, 11) is 0. The van der Waals surface area contributed by atoms with E-state index in [9.17, 15) is 31.1 Å². The minimum atomic E-state index is -5.02. The average Bonchev–Trinajstić information content (AvgIpc) is 3.08. The Balaban J connectivity index is 2.03. The van der Waals surface area contributed by atoms with E-state index in [1.807, 2.05) is 26.8 Å². The molecule has 3 rings (SSSR count). The molecule has 35 heavy (non-hydrogen) atoms. The smallest absolute Gasteiger partial charge is 0.416 e. The SMILES string of the molecule is CC=COC(C)(C)Cc1cn(C(=O)Nc2cc(C(F)(F)F)cc(C(F)(F)F)c2)c2ccc(C)cc12. The molecule has 0 atom stereocenters. The topological polar surface area (TPSA) is 43.3 Å². The second kappa shape index (κ2) is 9.31. The Kier molecular flexibility index (Phi) is 6.97. The van der Waals surface area contributed by atoms with Gasteiger partial charge in [0.25, 0.3) is 0 Å². The number of aryl methyl sites for hydroxylation is 1. The normalized spacial score (nSPS) is 13.0. The fourth-order valence-corrected chi connectivity index (χ4v) is 3.68. The summed E-state index contributed by atoms with van der Waals surface area (Å²) >= 11 is 0. The maximum absolute atomic E-state index is 13.2. The number of benzene rings is 2. The average molecular weight is 498 g/mol. The molecular formula is C25H24F6N2O2. The molecule has 2 aromatic carbocycles. The van der Waals surface area contributed by atoms with Gasteiger partial charge < -0.3 is 10.1 Å². The van der Waals surface area contributed by atoms with Gasteiger partial charge in [0.15, 0.2) is 0 Å². The van der Waals surface area contributed by atoms with Gasteiger partial charge in [0.1, 0.15) is 5.60 Å². The summed E-state index contributed by atoms with van der Waals surface area (Å²) < 4.78 is 86.0. The molecule has 1 amide bonds. The Hall–Kier alpha value is -3.43. The number of carbonyl (C=O) groups excluding carboxylic acids is 1. The molecular weight excluding hydrogens is 474 g/mol. The van der Waals surface area contributed by atoms with Gasteiger partial charge in [-0.25, -0.2) is 4.79 Å².